The summed E-state index contributed by atoms with van der Waals surface area (Å²) < 4.78 is 2.12. The molecule has 1 spiro atoms. The Bertz CT molecular complexity index is 1210. The Balaban J connectivity index is 1.89. The Morgan fingerprint density at radius 3 is 2.60 bits per heavy atom. The van der Waals surface area contributed by atoms with Crippen LogP contribution >= 0.6 is 11.8 Å². The SMILES string of the molecule is Cc1ccc(-n2c(SCC#N)nc(=O)c3c2-c2ccccc2CC32CCCC2)cc1. The summed E-state index contributed by atoms with van der Waals surface area (Å²) in [5, 5.41) is 9.76. The van der Waals surface area contributed by atoms with Gasteiger partial charge in [0.1, 0.15) is 0 Å². The van der Waals surface area contributed by atoms with Crippen molar-refractivity contribution in [1.82, 2.24) is 9.55 Å². The third-order valence-corrected chi connectivity index (χ3v) is 7.32. The van der Waals surface area contributed by atoms with Crippen molar-refractivity contribution in [3.8, 4) is 23.0 Å². The van der Waals surface area contributed by atoms with Crippen LogP contribution in [0.4, 0.5) is 0 Å². The van der Waals surface area contributed by atoms with Gasteiger partial charge in [0, 0.05) is 16.7 Å². The molecule has 1 saturated carbocycles. The van der Waals surface area contributed by atoms with Crippen molar-refractivity contribution < 1.29 is 0 Å². The fraction of sp³-hybridized carbons (Fsp3) is 0.320. The van der Waals surface area contributed by atoms with E-state index in [0.717, 1.165) is 54.6 Å². The van der Waals surface area contributed by atoms with Crippen LogP contribution in [0.25, 0.3) is 16.9 Å². The number of fused-ring (bicyclic) bond motifs is 4. The predicted molar refractivity (Wildman–Crippen MR) is 120 cm³/mol. The van der Waals surface area contributed by atoms with E-state index in [1.807, 2.05) is 6.07 Å². The Morgan fingerprint density at radius 1 is 1.13 bits per heavy atom. The zero-order valence-corrected chi connectivity index (χ0v) is 17.8. The number of aryl methyl sites for hydroxylation is 1. The quantitative estimate of drug-likeness (QED) is 0.438. The number of nitrogens with zero attached hydrogens (tertiary/aromatic N) is 3. The monoisotopic (exact) mass is 413 g/mol. The van der Waals surface area contributed by atoms with Crippen molar-refractivity contribution in [3.05, 3.63) is 75.6 Å². The van der Waals surface area contributed by atoms with Gasteiger partial charge in [-0.25, -0.2) is 0 Å². The molecule has 2 aromatic carbocycles. The second kappa shape index (κ2) is 7.45. The van der Waals surface area contributed by atoms with Crippen LogP contribution in [0.3, 0.4) is 0 Å². The highest BCUT2D eigenvalue weighted by Crippen LogP contribution is 2.51. The molecule has 0 radical (unpaired) electrons. The van der Waals surface area contributed by atoms with Crippen molar-refractivity contribution in [2.45, 2.75) is 49.6 Å². The highest BCUT2D eigenvalue weighted by molar-refractivity contribution is 7.99. The van der Waals surface area contributed by atoms with Crippen molar-refractivity contribution in [2.75, 3.05) is 5.75 Å². The molecule has 150 valence electrons. The molecule has 0 atom stereocenters. The van der Waals surface area contributed by atoms with Crippen LogP contribution in [0, 0.1) is 18.3 Å². The molecule has 1 aromatic heterocycles. The van der Waals surface area contributed by atoms with Crippen molar-refractivity contribution in [2.24, 2.45) is 0 Å². The number of nitriles is 1. The number of hydrogen-bond acceptors (Lipinski definition) is 4. The van der Waals surface area contributed by atoms with E-state index in [0.29, 0.717) is 5.16 Å². The molecule has 1 heterocycles. The standard InChI is InChI=1S/C25H23N3OS/c1-17-8-10-19(11-9-17)28-22-20-7-3-2-6-18(20)16-25(12-4-5-13-25)21(22)23(29)27-24(28)30-15-14-26/h2-3,6-11H,4-5,12-13,15-16H2,1H3. The van der Waals surface area contributed by atoms with Gasteiger partial charge in [-0.15, -0.1) is 0 Å². The van der Waals surface area contributed by atoms with E-state index in [2.05, 4.69) is 65.0 Å². The van der Waals surface area contributed by atoms with Gasteiger partial charge in [0.15, 0.2) is 5.16 Å². The minimum atomic E-state index is -0.126. The summed E-state index contributed by atoms with van der Waals surface area (Å²) in [6.45, 7) is 2.07. The molecule has 0 amide bonds. The lowest BCUT2D eigenvalue weighted by atomic mass is 9.68. The molecule has 0 N–H and O–H groups in total. The molecule has 0 bridgehead atoms. The predicted octanol–water partition coefficient (Wildman–Crippen LogP) is 5.19. The fourth-order valence-corrected chi connectivity index (χ4v) is 5.87. The molecule has 3 aromatic rings. The van der Waals surface area contributed by atoms with Gasteiger partial charge in [-0.3, -0.25) is 9.36 Å². The van der Waals surface area contributed by atoms with Crippen molar-refractivity contribution in [1.29, 1.82) is 5.26 Å². The van der Waals surface area contributed by atoms with Gasteiger partial charge in [0.05, 0.1) is 23.1 Å². The summed E-state index contributed by atoms with van der Waals surface area (Å²) in [7, 11) is 0. The van der Waals surface area contributed by atoms with Crippen LogP contribution in [-0.4, -0.2) is 15.3 Å². The van der Waals surface area contributed by atoms with E-state index < -0.39 is 0 Å². The molecule has 5 heteroatoms. The van der Waals surface area contributed by atoms with Crippen LogP contribution in [0.15, 0.2) is 58.5 Å². The number of benzene rings is 2. The fourth-order valence-electron chi connectivity index (χ4n) is 5.20. The molecule has 0 unspecified atom stereocenters. The molecule has 2 aliphatic rings. The molecule has 1 fully saturated rings. The number of thioether (sulfide) groups is 1. The van der Waals surface area contributed by atoms with Gasteiger partial charge in [0.25, 0.3) is 5.56 Å². The highest BCUT2D eigenvalue weighted by atomic mass is 32.2. The number of rotatable bonds is 3. The van der Waals surface area contributed by atoms with E-state index in [4.69, 9.17) is 0 Å². The van der Waals surface area contributed by atoms with E-state index in [1.54, 1.807) is 0 Å². The lowest BCUT2D eigenvalue weighted by Gasteiger charge is -2.37. The Morgan fingerprint density at radius 2 is 1.87 bits per heavy atom. The second-order valence-electron chi connectivity index (χ2n) is 8.36. The summed E-state index contributed by atoms with van der Waals surface area (Å²) >= 11 is 1.33. The average Bonchev–Trinajstić information content (AvgIpc) is 3.21. The average molecular weight is 414 g/mol. The van der Waals surface area contributed by atoms with Crippen molar-refractivity contribution in [3.63, 3.8) is 0 Å². The Kier molecular flexibility index (Phi) is 4.75. The van der Waals surface area contributed by atoms with Gasteiger partial charge in [-0.05, 0) is 43.9 Å². The lowest BCUT2D eigenvalue weighted by molar-refractivity contribution is 0.422. The topological polar surface area (TPSA) is 58.7 Å². The van der Waals surface area contributed by atoms with Crippen LogP contribution < -0.4 is 5.56 Å². The van der Waals surface area contributed by atoms with Crippen LogP contribution in [-0.2, 0) is 11.8 Å². The minimum Gasteiger partial charge on any atom is -0.288 e. The maximum atomic E-state index is 13.4. The van der Waals surface area contributed by atoms with Gasteiger partial charge < -0.3 is 0 Å². The first kappa shape index (κ1) is 19.1. The normalized spacial score (nSPS) is 16.1. The largest absolute Gasteiger partial charge is 0.288 e. The number of aromatic nitrogens is 2. The van der Waals surface area contributed by atoms with Gasteiger partial charge in [-0.2, -0.15) is 10.2 Å². The minimum absolute atomic E-state index is 0.120. The first-order chi connectivity index (χ1) is 14.6. The summed E-state index contributed by atoms with van der Waals surface area (Å²) in [6, 6.07) is 19.0. The smallest absolute Gasteiger partial charge is 0.278 e. The molecular formula is C25H23N3OS. The van der Waals surface area contributed by atoms with Crippen LogP contribution in [0.5, 0.6) is 0 Å². The third-order valence-electron chi connectivity index (χ3n) is 6.51. The summed E-state index contributed by atoms with van der Waals surface area (Å²) in [5.41, 5.74) is 6.18. The first-order valence-electron chi connectivity index (χ1n) is 10.5. The highest BCUT2D eigenvalue weighted by Gasteiger charge is 2.44. The zero-order valence-electron chi connectivity index (χ0n) is 17.0. The van der Waals surface area contributed by atoms with Crippen molar-refractivity contribution >= 4 is 11.8 Å². The maximum Gasteiger partial charge on any atom is 0.278 e. The molecule has 4 nitrogen and oxygen atoms in total. The molecule has 0 aliphatic heterocycles. The third kappa shape index (κ3) is 2.98. The molecular weight excluding hydrogens is 390 g/mol. The van der Waals surface area contributed by atoms with Gasteiger partial charge in [0.2, 0.25) is 0 Å². The number of hydrogen-bond donors (Lipinski definition) is 0. The van der Waals surface area contributed by atoms with E-state index in [9.17, 15) is 10.1 Å². The van der Waals surface area contributed by atoms with Crippen LogP contribution in [0.2, 0.25) is 0 Å². The summed E-state index contributed by atoms with van der Waals surface area (Å²) in [5.74, 6) is 0.254. The molecule has 2 aliphatic carbocycles. The second-order valence-corrected chi connectivity index (χ2v) is 9.30. The van der Waals surface area contributed by atoms with Gasteiger partial charge in [-0.1, -0.05) is 66.6 Å². The Labute approximate surface area is 180 Å². The summed E-state index contributed by atoms with van der Waals surface area (Å²) in [6.07, 6.45) is 5.27. The summed E-state index contributed by atoms with van der Waals surface area (Å²) in [4.78, 5) is 18.0. The van der Waals surface area contributed by atoms with Gasteiger partial charge >= 0.3 is 0 Å². The Hall–Kier alpha value is -2.84. The van der Waals surface area contributed by atoms with E-state index in [-0.39, 0.29) is 16.7 Å². The molecule has 5 rings (SSSR count). The molecule has 0 saturated heterocycles. The van der Waals surface area contributed by atoms with Crippen LogP contribution in [0.1, 0.15) is 42.4 Å². The molecule has 30 heavy (non-hydrogen) atoms. The maximum absolute atomic E-state index is 13.4. The lowest BCUT2D eigenvalue weighted by Crippen LogP contribution is -2.38. The van der Waals surface area contributed by atoms with E-state index >= 15 is 0 Å². The first-order valence-corrected chi connectivity index (χ1v) is 11.4. The van der Waals surface area contributed by atoms with E-state index in [1.165, 1.54) is 22.9 Å². The zero-order chi connectivity index (χ0) is 20.7.